The molecule has 2 heterocycles. The van der Waals surface area contributed by atoms with Gasteiger partial charge in [-0.3, -0.25) is 0 Å². The molecule has 0 saturated carbocycles. The first-order valence-electron chi connectivity index (χ1n) is 6.99. The Labute approximate surface area is 119 Å². The van der Waals surface area contributed by atoms with Crippen molar-refractivity contribution in [1.29, 1.82) is 0 Å². The second-order valence-electron chi connectivity index (χ2n) is 4.91. The van der Waals surface area contributed by atoms with Crippen molar-refractivity contribution >= 4 is 11.3 Å². The van der Waals surface area contributed by atoms with E-state index >= 15 is 0 Å². The van der Waals surface area contributed by atoms with E-state index in [2.05, 4.69) is 54.0 Å². The fraction of sp³-hybridized carbons (Fsp3) is 0.533. The van der Waals surface area contributed by atoms with E-state index in [1.54, 1.807) is 11.3 Å². The summed E-state index contributed by atoms with van der Waals surface area (Å²) in [5.41, 5.74) is 4.48. The van der Waals surface area contributed by atoms with Gasteiger partial charge in [0.25, 0.3) is 0 Å². The summed E-state index contributed by atoms with van der Waals surface area (Å²) in [5.74, 6) is 0. The number of nitrogens with one attached hydrogen (secondary N) is 1. The molecule has 0 aliphatic rings. The fourth-order valence-electron chi connectivity index (χ4n) is 2.28. The Morgan fingerprint density at radius 2 is 2.32 bits per heavy atom. The van der Waals surface area contributed by atoms with Crippen LogP contribution in [0.4, 0.5) is 0 Å². The molecule has 4 heteroatoms. The average Bonchev–Trinajstić information content (AvgIpc) is 3.02. The van der Waals surface area contributed by atoms with Gasteiger partial charge in [0.05, 0.1) is 11.2 Å². The van der Waals surface area contributed by atoms with Crippen LogP contribution in [0.5, 0.6) is 0 Å². The predicted octanol–water partition coefficient (Wildman–Crippen LogP) is 3.56. The highest BCUT2D eigenvalue weighted by atomic mass is 32.1. The topological polar surface area (TPSA) is 29.9 Å². The van der Waals surface area contributed by atoms with Crippen LogP contribution in [0.15, 0.2) is 23.8 Å². The molecular formula is C15H23N3S. The van der Waals surface area contributed by atoms with Crippen molar-refractivity contribution in [3.05, 3.63) is 40.1 Å². The van der Waals surface area contributed by atoms with Gasteiger partial charge >= 0.3 is 0 Å². The molecular weight excluding hydrogens is 254 g/mol. The highest BCUT2D eigenvalue weighted by Crippen LogP contribution is 2.17. The predicted molar refractivity (Wildman–Crippen MR) is 81.7 cm³/mol. The van der Waals surface area contributed by atoms with Crippen LogP contribution in [0.3, 0.4) is 0 Å². The third kappa shape index (κ3) is 3.67. The first-order chi connectivity index (χ1) is 9.22. The zero-order valence-corrected chi connectivity index (χ0v) is 12.8. The maximum absolute atomic E-state index is 4.31. The van der Waals surface area contributed by atoms with Gasteiger partial charge in [-0.05, 0) is 38.9 Å². The SMILES string of the molecule is CCCNC(C)c1cccn1CCc1scnc1C. The zero-order valence-electron chi connectivity index (χ0n) is 12.0. The molecule has 2 aromatic rings. The number of hydrogen-bond acceptors (Lipinski definition) is 3. The third-order valence-electron chi connectivity index (χ3n) is 3.43. The molecule has 2 aromatic heterocycles. The van der Waals surface area contributed by atoms with Crippen molar-refractivity contribution in [3.63, 3.8) is 0 Å². The Morgan fingerprint density at radius 3 is 3.00 bits per heavy atom. The number of thiazole rings is 1. The van der Waals surface area contributed by atoms with E-state index in [0.717, 1.165) is 19.5 Å². The van der Waals surface area contributed by atoms with Crippen LogP contribution in [0, 0.1) is 6.92 Å². The van der Waals surface area contributed by atoms with Gasteiger partial charge in [0, 0.05) is 35.8 Å². The minimum absolute atomic E-state index is 0.414. The highest BCUT2D eigenvalue weighted by Gasteiger charge is 2.09. The van der Waals surface area contributed by atoms with Crippen molar-refractivity contribution in [1.82, 2.24) is 14.9 Å². The van der Waals surface area contributed by atoms with Crippen molar-refractivity contribution in [2.75, 3.05) is 6.54 Å². The van der Waals surface area contributed by atoms with Crippen molar-refractivity contribution in [3.8, 4) is 0 Å². The molecule has 0 aromatic carbocycles. The normalized spacial score (nSPS) is 12.8. The van der Waals surface area contributed by atoms with Crippen LogP contribution in [0.1, 0.15) is 42.6 Å². The summed E-state index contributed by atoms with van der Waals surface area (Å²) in [6.07, 6.45) is 4.42. The van der Waals surface area contributed by atoms with E-state index in [4.69, 9.17) is 0 Å². The smallest absolute Gasteiger partial charge is 0.0797 e. The van der Waals surface area contributed by atoms with Crippen LogP contribution in [0.2, 0.25) is 0 Å². The van der Waals surface area contributed by atoms with Crippen LogP contribution >= 0.6 is 11.3 Å². The molecule has 0 aliphatic heterocycles. The molecule has 0 amide bonds. The summed E-state index contributed by atoms with van der Waals surface area (Å²) >= 11 is 1.76. The monoisotopic (exact) mass is 277 g/mol. The van der Waals surface area contributed by atoms with E-state index in [0.29, 0.717) is 6.04 Å². The molecule has 3 nitrogen and oxygen atoms in total. The van der Waals surface area contributed by atoms with Gasteiger partial charge in [-0.15, -0.1) is 11.3 Å². The lowest BCUT2D eigenvalue weighted by Gasteiger charge is -2.16. The lowest BCUT2D eigenvalue weighted by atomic mass is 10.2. The average molecular weight is 277 g/mol. The summed E-state index contributed by atoms with van der Waals surface area (Å²) in [7, 11) is 0. The Bertz CT molecular complexity index is 501. The van der Waals surface area contributed by atoms with Gasteiger partial charge in [-0.2, -0.15) is 0 Å². The van der Waals surface area contributed by atoms with Gasteiger partial charge in [0.15, 0.2) is 0 Å². The molecule has 0 spiro atoms. The molecule has 2 rings (SSSR count). The van der Waals surface area contributed by atoms with Gasteiger partial charge in [0.2, 0.25) is 0 Å². The molecule has 0 radical (unpaired) electrons. The van der Waals surface area contributed by atoms with Gasteiger partial charge in [-0.1, -0.05) is 6.92 Å². The quantitative estimate of drug-likeness (QED) is 0.838. The minimum atomic E-state index is 0.414. The minimum Gasteiger partial charge on any atom is -0.350 e. The third-order valence-corrected chi connectivity index (χ3v) is 4.43. The number of hydrogen-bond donors (Lipinski definition) is 1. The summed E-state index contributed by atoms with van der Waals surface area (Å²) in [5, 5.41) is 3.55. The molecule has 0 fully saturated rings. The molecule has 1 atom stereocenters. The largest absolute Gasteiger partial charge is 0.350 e. The lowest BCUT2D eigenvalue weighted by Crippen LogP contribution is -2.22. The molecule has 0 aliphatic carbocycles. The summed E-state index contributed by atoms with van der Waals surface area (Å²) < 4.78 is 2.35. The Hall–Kier alpha value is -1.13. The van der Waals surface area contributed by atoms with Gasteiger partial charge < -0.3 is 9.88 Å². The zero-order chi connectivity index (χ0) is 13.7. The number of aryl methyl sites for hydroxylation is 3. The van der Waals surface area contributed by atoms with E-state index in [1.165, 1.54) is 22.7 Å². The standard InChI is InChI=1S/C15H23N3S/c1-4-8-16-12(2)14-6-5-9-18(14)10-7-15-13(3)17-11-19-15/h5-6,9,11-12,16H,4,7-8,10H2,1-3H3. The summed E-state index contributed by atoms with van der Waals surface area (Å²) in [6.45, 7) is 8.63. The first-order valence-corrected chi connectivity index (χ1v) is 7.87. The van der Waals surface area contributed by atoms with Crippen LogP contribution < -0.4 is 5.32 Å². The Kier molecular flexibility index (Phi) is 5.16. The number of nitrogens with zero attached hydrogens (tertiary/aromatic N) is 2. The maximum atomic E-state index is 4.31. The summed E-state index contributed by atoms with van der Waals surface area (Å²) in [6, 6.07) is 4.77. The van der Waals surface area contributed by atoms with Crippen LogP contribution in [0.25, 0.3) is 0 Å². The molecule has 0 saturated heterocycles. The van der Waals surface area contributed by atoms with Crippen molar-refractivity contribution < 1.29 is 0 Å². The van der Waals surface area contributed by atoms with Crippen molar-refractivity contribution in [2.24, 2.45) is 0 Å². The second-order valence-corrected chi connectivity index (χ2v) is 5.85. The van der Waals surface area contributed by atoms with E-state index < -0.39 is 0 Å². The maximum Gasteiger partial charge on any atom is 0.0797 e. The van der Waals surface area contributed by atoms with Crippen molar-refractivity contribution in [2.45, 2.75) is 46.2 Å². The molecule has 104 valence electrons. The Morgan fingerprint density at radius 1 is 1.47 bits per heavy atom. The summed E-state index contributed by atoms with van der Waals surface area (Å²) in [4.78, 5) is 5.71. The fourth-order valence-corrected chi connectivity index (χ4v) is 3.05. The number of rotatable bonds is 7. The molecule has 19 heavy (non-hydrogen) atoms. The lowest BCUT2D eigenvalue weighted by molar-refractivity contribution is 0.524. The van der Waals surface area contributed by atoms with E-state index in [9.17, 15) is 0 Å². The Balaban J connectivity index is 1.97. The molecule has 0 bridgehead atoms. The van der Waals surface area contributed by atoms with Crippen LogP contribution in [-0.4, -0.2) is 16.1 Å². The molecule has 1 unspecified atom stereocenters. The van der Waals surface area contributed by atoms with Crippen LogP contribution in [-0.2, 0) is 13.0 Å². The highest BCUT2D eigenvalue weighted by molar-refractivity contribution is 7.09. The van der Waals surface area contributed by atoms with E-state index in [-0.39, 0.29) is 0 Å². The second kappa shape index (κ2) is 6.87. The first kappa shape index (κ1) is 14.3. The number of aromatic nitrogens is 2. The molecule has 1 N–H and O–H groups in total. The van der Waals surface area contributed by atoms with Gasteiger partial charge in [0.1, 0.15) is 0 Å². The van der Waals surface area contributed by atoms with Gasteiger partial charge in [-0.25, -0.2) is 4.98 Å². The van der Waals surface area contributed by atoms with E-state index in [1.807, 2.05) is 5.51 Å².